The van der Waals surface area contributed by atoms with Crippen LogP contribution < -0.4 is 5.32 Å². The molecule has 0 unspecified atom stereocenters. The maximum Gasteiger partial charge on any atom is 0 e. The zero-order chi connectivity index (χ0) is 3.54. The molecule has 0 aromatic rings. The summed E-state index contributed by atoms with van der Waals surface area (Å²) in [5.41, 5.74) is 0. The highest BCUT2D eigenvalue weighted by molar-refractivity contribution is 5.75. The lowest BCUT2D eigenvalue weighted by Crippen LogP contribution is -2.03. The van der Waals surface area contributed by atoms with Gasteiger partial charge in [-0.3, -0.25) is 0 Å². The first-order valence-electron chi connectivity index (χ1n) is 2.21. The SMILES string of the molecule is C1CCNC1.[Si]. The summed E-state index contributed by atoms with van der Waals surface area (Å²) >= 11 is 0. The normalized spacial score (nSPS) is 20.0. The summed E-state index contributed by atoms with van der Waals surface area (Å²) in [5.74, 6) is 0. The Morgan fingerprint density at radius 1 is 1.00 bits per heavy atom. The quantitative estimate of drug-likeness (QED) is 0.421. The molecule has 0 amide bonds. The minimum Gasteiger partial charge on any atom is -0.317 e. The Labute approximate surface area is 43.2 Å². The first kappa shape index (κ1) is 6.18. The van der Waals surface area contributed by atoms with E-state index in [4.69, 9.17) is 0 Å². The lowest BCUT2D eigenvalue weighted by molar-refractivity contribution is 0.857. The zero-order valence-electron chi connectivity index (χ0n) is 3.83. The highest BCUT2D eigenvalue weighted by Gasteiger charge is 1.93. The first-order chi connectivity index (χ1) is 2.50. The molecule has 1 N–H and O–H groups in total. The van der Waals surface area contributed by atoms with Crippen molar-refractivity contribution in [2.75, 3.05) is 13.1 Å². The predicted molar refractivity (Wildman–Crippen MR) is 27.9 cm³/mol. The zero-order valence-corrected chi connectivity index (χ0v) is 4.83. The molecule has 1 saturated heterocycles. The van der Waals surface area contributed by atoms with E-state index in [2.05, 4.69) is 5.32 Å². The Balaban J connectivity index is 0.000000250. The third kappa shape index (κ3) is 1.57. The van der Waals surface area contributed by atoms with Crippen LogP contribution in [-0.4, -0.2) is 24.1 Å². The Hall–Kier alpha value is 0.177. The van der Waals surface area contributed by atoms with Gasteiger partial charge in [0.15, 0.2) is 0 Å². The van der Waals surface area contributed by atoms with Crippen molar-refractivity contribution < 1.29 is 0 Å². The molecule has 0 saturated carbocycles. The molecule has 1 nitrogen and oxygen atoms in total. The van der Waals surface area contributed by atoms with Crippen molar-refractivity contribution in [2.45, 2.75) is 12.8 Å². The van der Waals surface area contributed by atoms with E-state index < -0.39 is 0 Å². The summed E-state index contributed by atoms with van der Waals surface area (Å²) in [5, 5.41) is 3.22. The van der Waals surface area contributed by atoms with E-state index in [1.165, 1.54) is 25.9 Å². The van der Waals surface area contributed by atoms with Gasteiger partial charge in [0.05, 0.1) is 0 Å². The van der Waals surface area contributed by atoms with E-state index >= 15 is 0 Å². The molecule has 1 aliphatic rings. The van der Waals surface area contributed by atoms with Gasteiger partial charge in [0.1, 0.15) is 0 Å². The van der Waals surface area contributed by atoms with E-state index in [1.807, 2.05) is 0 Å². The second-order valence-electron chi connectivity index (χ2n) is 1.46. The average Bonchev–Trinajstić information content (AvgIpc) is 1.76. The van der Waals surface area contributed by atoms with Crippen LogP contribution in [0.25, 0.3) is 0 Å². The van der Waals surface area contributed by atoms with Crippen LogP contribution in [0.15, 0.2) is 0 Å². The average molecular weight is 99.2 g/mol. The predicted octanol–water partition coefficient (Wildman–Crippen LogP) is -0.0110. The summed E-state index contributed by atoms with van der Waals surface area (Å²) in [4.78, 5) is 0. The van der Waals surface area contributed by atoms with E-state index in [0.717, 1.165) is 0 Å². The summed E-state index contributed by atoms with van der Waals surface area (Å²) < 4.78 is 0. The number of hydrogen-bond acceptors (Lipinski definition) is 1. The molecular weight excluding hydrogens is 90.1 g/mol. The molecule has 6 heavy (non-hydrogen) atoms. The highest BCUT2D eigenvalue weighted by Crippen LogP contribution is 1.90. The molecule has 2 heteroatoms. The van der Waals surface area contributed by atoms with Crippen molar-refractivity contribution in [3.8, 4) is 0 Å². The summed E-state index contributed by atoms with van der Waals surface area (Å²) in [7, 11) is 0. The largest absolute Gasteiger partial charge is 0.317 e. The molecule has 1 rings (SSSR count). The van der Waals surface area contributed by atoms with Crippen molar-refractivity contribution in [1.82, 2.24) is 5.32 Å². The molecular formula is C4H9NSi. The molecule has 0 bridgehead atoms. The smallest absolute Gasteiger partial charge is 0 e. The third-order valence-corrected chi connectivity index (χ3v) is 0.957. The van der Waals surface area contributed by atoms with E-state index in [0.29, 0.717) is 0 Å². The van der Waals surface area contributed by atoms with Crippen LogP contribution in [0, 0.1) is 0 Å². The van der Waals surface area contributed by atoms with Crippen molar-refractivity contribution >= 4 is 11.0 Å². The van der Waals surface area contributed by atoms with Crippen LogP contribution in [0.4, 0.5) is 0 Å². The van der Waals surface area contributed by atoms with Crippen molar-refractivity contribution in [2.24, 2.45) is 0 Å². The van der Waals surface area contributed by atoms with Crippen LogP contribution in [0.5, 0.6) is 0 Å². The second-order valence-corrected chi connectivity index (χ2v) is 1.46. The fraction of sp³-hybridized carbons (Fsp3) is 1.00. The van der Waals surface area contributed by atoms with Gasteiger partial charge < -0.3 is 5.32 Å². The molecule has 1 fully saturated rings. The molecule has 0 aliphatic carbocycles. The highest BCUT2D eigenvalue weighted by atomic mass is 28.1. The van der Waals surface area contributed by atoms with Crippen LogP contribution in [0.1, 0.15) is 12.8 Å². The van der Waals surface area contributed by atoms with Gasteiger partial charge in [0, 0.05) is 11.0 Å². The molecule has 1 heterocycles. The fourth-order valence-electron chi connectivity index (χ4n) is 0.625. The maximum atomic E-state index is 3.22. The number of rotatable bonds is 0. The molecule has 0 atom stereocenters. The summed E-state index contributed by atoms with van der Waals surface area (Å²) in [6.07, 6.45) is 2.78. The Kier molecular flexibility index (Phi) is 3.47. The van der Waals surface area contributed by atoms with Gasteiger partial charge in [-0.2, -0.15) is 0 Å². The van der Waals surface area contributed by atoms with Gasteiger partial charge in [0.25, 0.3) is 0 Å². The van der Waals surface area contributed by atoms with Crippen LogP contribution in [0.2, 0.25) is 0 Å². The topological polar surface area (TPSA) is 12.0 Å². The van der Waals surface area contributed by atoms with Gasteiger partial charge in [-0.25, -0.2) is 0 Å². The molecule has 4 radical (unpaired) electrons. The number of hydrogen-bond donors (Lipinski definition) is 1. The lowest BCUT2D eigenvalue weighted by Gasteiger charge is -1.76. The second kappa shape index (κ2) is 3.37. The minimum atomic E-state index is 0. The Bertz CT molecular complexity index is 19.1. The van der Waals surface area contributed by atoms with Crippen LogP contribution >= 0.6 is 0 Å². The number of nitrogens with one attached hydrogen (secondary N) is 1. The van der Waals surface area contributed by atoms with E-state index in [1.54, 1.807) is 0 Å². The van der Waals surface area contributed by atoms with Crippen LogP contribution in [-0.2, 0) is 0 Å². The van der Waals surface area contributed by atoms with Gasteiger partial charge in [-0.1, -0.05) is 0 Å². The van der Waals surface area contributed by atoms with Crippen LogP contribution in [0.3, 0.4) is 0 Å². The maximum absolute atomic E-state index is 3.22. The standard InChI is InChI=1S/C4H9N.Si/c1-2-4-5-3-1;/h5H,1-4H2;. The van der Waals surface area contributed by atoms with Crippen molar-refractivity contribution in [1.29, 1.82) is 0 Å². The van der Waals surface area contributed by atoms with Gasteiger partial charge in [0.2, 0.25) is 0 Å². The molecule has 0 aromatic carbocycles. The fourth-order valence-corrected chi connectivity index (χ4v) is 0.625. The minimum absolute atomic E-state index is 0. The monoisotopic (exact) mass is 99.1 g/mol. The van der Waals surface area contributed by atoms with Crippen molar-refractivity contribution in [3.63, 3.8) is 0 Å². The van der Waals surface area contributed by atoms with Crippen molar-refractivity contribution in [3.05, 3.63) is 0 Å². The Morgan fingerprint density at radius 2 is 1.50 bits per heavy atom. The van der Waals surface area contributed by atoms with Gasteiger partial charge in [-0.15, -0.1) is 0 Å². The lowest BCUT2D eigenvalue weighted by atomic mass is 10.4. The van der Waals surface area contributed by atoms with E-state index in [9.17, 15) is 0 Å². The summed E-state index contributed by atoms with van der Waals surface area (Å²) in [6.45, 7) is 2.50. The van der Waals surface area contributed by atoms with E-state index in [-0.39, 0.29) is 11.0 Å². The van der Waals surface area contributed by atoms with Gasteiger partial charge in [-0.05, 0) is 25.9 Å². The Morgan fingerprint density at radius 3 is 1.67 bits per heavy atom. The molecule has 34 valence electrons. The molecule has 0 aromatic heterocycles. The summed E-state index contributed by atoms with van der Waals surface area (Å²) in [6, 6.07) is 0. The molecule has 0 spiro atoms. The molecule has 1 aliphatic heterocycles. The third-order valence-electron chi connectivity index (χ3n) is 0.957. The van der Waals surface area contributed by atoms with Gasteiger partial charge >= 0.3 is 0 Å². The first-order valence-corrected chi connectivity index (χ1v) is 2.21.